The molecule has 0 saturated heterocycles. The summed E-state index contributed by atoms with van der Waals surface area (Å²) in [5.74, 6) is 0.891. The van der Waals surface area contributed by atoms with E-state index in [1.165, 1.54) is 6.07 Å². The number of hydrogen-bond acceptors (Lipinski definition) is 3. The largest absolute Gasteiger partial charge is 0.364 e. The van der Waals surface area contributed by atoms with Crippen LogP contribution < -0.4 is 5.32 Å². The van der Waals surface area contributed by atoms with Gasteiger partial charge in [0.1, 0.15) is 11.6 Å². The first-order chi connectivity index (χ1) is 7.24. The summed E-state index contributed by atoms with van der Waals surface area (Å²) in [4.78, 5) is 10.8. The van der Waals surface area contributed by atoms with Crippen molar-refractivity contribution in [2.45, 2.75) is 13.5 Å². The third kappa shape index (κ3) is 2.52. The maximum Gasteiger partial charge on any atom is 0.214 e. The van der Waals surface area contributed by atoms with E-state index in [0.717, 1.165) is 11.5 Å². The molecule has 0 saturated carbocycles. The number of anilines is 1. The topological polar surface area (TPSA) is 53.6 Å². The van der Waals surface area contributed by atoms with Crippen molar-refractivity contribution in [2.75, 3.05) is 5.32 Å². The van der Waals surface area contributed by atoms with Gasteiger partial charge in [0.25, 0.3) is 0 Å². The normalized spacial score (nSPS) is 10.3. The van der Waals surface area contributed by atoms with E-state index >= 15 is 0 Å². The number of halogens is 1. The van der Waals surface area contributed by atoms with Crippen molar-refractivity contribution >= 4 is 5.82 Å². The lowest BCUT2D eigenvalue weighted by Gasteiger charge is -2.02. The van der Waals surface area contributed by atoms with Crippen molar-refractivity contribution in [1.82, 2.24) is 15.0 Å². The number of hydrogen-bond donors (Lipinski definition) is 2. The molecule has 4 nitrogen and oxygen atoms in total. The van der Waals surface area contributed by atoms with Crippen LogP contribution in [0, 0.1) is 12.9 Å². The first kappa shape index (κ1) is 9.64. The molecule has 2 heterocycles. The maximum atomic E-state index is 12.7. The highest BCUT2D eigenvalue weighted by Crippen LogP contribution is 2.05. The Kier molecular flexibility index (Phi) is 2.62. The van der Waals surface area contributed by atoms with Crippen molar-refractivity contribution in [1.29, 1.82) is 0 Å². The summed E-state index contributed by atoms with van der Waals surface area (Å²) in [6.45, 7) is 2.43. The Labute approximate surface area is 86.6 Å². The lowest BCUT2D eigenvalue weighted by Crippen LogP contribution is -2.02. The molecule has 0 aliphatic carbocycles. The smallest absolute Gasteiger partial charge is 0.214 e. The molecule has 15 heavy (non-hydrogen) atoms. The summed E-state index contributed by atoms with van der Waals surface area (Å²) in [7, 11) is 0. The lowest BCUT2D eigenvalue weighted by molar-refractivity contribution is 0.585. The Morgan fingerprint density at radius 3 is 3.00 bits per heavy atom. The van der Waals surface area contributed by atoms with Crippen molar-refractivity contribution in [3.05, 3.63) is 41.9 Å². The Bertz CT molecular complexity index is 452. The number of rotatable bonds is 3. The average Bonchev–Trinajstić information content (AvgIpc) is 2.62. The molecule has 2 aromatic heterocycles. The van der Waals surface area contributed by atoms with E-state index in [1.807, 2.05) is 6.92 Å². The van der Waals surface area contributed by atoms with Crippen LogP contribution in [-0.4, -0.2) is 15.0 Å². The summed E-state index contributed by atoms with van der Waals surface area (Å²) in [5.41, 5.74) is 0.943. The molecule has 0 atom stereocenters. The highest BCUT2D eigenvalue weighted by molar-refractivity contribution is 5.33. The van der Waals surface area contributed by atoms with Crippen molar-refractivity contribution in [3.8, 4) is 0 Å². The zero-order valence-electron chi connectivity index (χ0n) is 8.29. The lowest BCUT2D eigenvalue weighted by atomic mass is 10.4. The van der Waals surface area contributed by atoms with Crippen LogP contribution in [0.25, 0.3) is 0 Å². The molecular weight excluding hydrogens is 195 g/mol. The summed E-state index contributed by atoms with van der Waals surface area (Å²) in [5, 5.41) is 2.99. The number of nitrogens with one attached hydrogen (secondary N) is 2. The fourth-order valence-corrected chi connectivity index (χ4v) is 1.25. The van der Waals surface area contributed by atoms with Crippen LogP contribution in [0.4, 0.5) is 10.2 Å². The molecule has 2 rings (SSSR count). The van der Waals surface area contributed by atoms with Gasteiger partial charge >= 0.3 is 0 Å². The van der Waals surface area contributed by atoms with Crippen LogP contribution in [0.3, 0.4) is 0 Å². The van der Waals surface area contributed by atoms with Crippen molar-refractivity contribution in [2.24, 2.45) is 0 Å². The van der Waals surface area contributed by atoms with Gasteiger partial charge in [-0.15, -0.1) is 0 Å². The second-order valence-electron chi connectivity index (χ2n) is 3.19. The van der Waals surface area contributed by atoms with E-state index in [0.29, 0.717) is 12.4 Å². The number of aryl methyl sites for hydroxylation is 1. The number of aromatic nitrogens is 3. The first-order valence-corrected chi connectivity index (χ1v) is 4.61. The maximum absolute atomic E-state index is 12.7. The molecule has 0 aliphatic heterocycles. The third-order valence-electron chi connectivity index (χ3n) is 1.93. The second-order valence-corrected chi connectivity index (χ2v) is 3.19. The quantitative estimate of drug-likeness (QED) is 0.754. The van der Waals surface area contributed by atoms with E-state index in [1.54, 1.807) is 18.3 Å². The Balaban J connectivity index is 1.99. The Morgan fingerprint density at radius 1 is 1.47 bits per heavy atom. The monoisotopic (exact) mass is 206 g/mol. The minimum absolute atomic E-state index is 0.485. The molecule has 2 aromatic rings. The fourth-order valence-electron chi connectivity index (χ4n) is 1.25. The van der Waals surface area contributed by atoms with Crippen LogP contribution in [0.5, 0.6) is 0 Å². The SMILES string of the molecule is Cc1ncc(CNc2cccc(F)n2)[nH]1. The molecule has 0 spiro atoms. The van der Waals surface area contributed by atoms with Gasteiger partial charge in [0.15, 0.2) is 0 Å². The predicted octanol–water partition coefficient (Wildman–Crippen LogP) is 1.86. The van der Waals surface area contributed by atoms with Gasteiger partial charge in [0.05, 0.1) is 18.4 Å². The van der Waals surface area contributed by atoms with Gasteiger partial charge in [-0.05, 0) is 19.1 Å². The summed E-state index contributed by atoms with van der Waals surface area (Å²) >= 11 is 0. The highest BCUT2D eigenvalue weighted by atomic mass is 19.1. The first-order valence-electron chi connectivity index (χ1n) is 4.61. The minimum atomic E-state index is -0.485. The molecule has 0 radical (unpaired) electrons. The molecule has 2 N–H and O–H groups in total. The number of nitrogens with zero attached hydrogens (tertiary/aromatic N) is 2. The zero-order valence-corrected chi connectivity index (χ0v) is 8.29. The summed E-state index contributed by atoms with van der Waals surface area (Å²) in [6, 6.07) is 4.64. The summed E-state index contributed by atoms with van der Waals surface area (Å²) in [6.07, 6.45) is 1.74. The average molecular weight is 206 g/mol. The molecule has 0 unspecified atom stereocenters. The van der Waals surface area contributed by atoms with Gasteiger partial charge < -0.3 is 10.3 Å². The van der Waals surface area contributed by atoms with Crippen LogP contribution in [0.1, 0.15) is 11.5 Å². The van der Waals surface area contributed by atoms with E-state index in [4.69, 9.17) is 0 Å². The van der Waals surface area contributed by atoms with Crippen LogP contribution in [0.15, 0.2) is 24.4 Å². The molecule has 0 bridgehead atoms. The number of H-pyrrole nitrogens is 1. The van der Waals surface area contributed by atoms with Gasteiger partial charge in [0.2, 0.25) is 5.95 Å². The van der Waals surface area contributed by atoms with Gasteiger partial charge in [-0.2, -0.15) is 4.39 Å². The van der Waals surface area contributed by atoms with Gasteiger partial charge in [-0.1, -0.05) is 6.07 Å². The number of aromatic amines is 1. The second kappa shape index (κ2) is 4.08. The number of pyridine rings is 1. The third-order valence-corrected chi connectivity index (χ3v) is 1.93. The molecule has 0 aliphatic rings. The molecule has 78 valence electrons. The van der Waals surface area contributed by atoms with Crippen LogP contribution in [-0.2, 0) is 6.54 Å². The standard InChI is InChI=1S/C10H11FN4/c1-7-12-5-8(14-7)6-13-10-4-2-3-9(11)15-10/h2-5H,6H2,1H3,(H,12,14)(H,13,15). The Morgan fingerprint density at radius 2 is 2.33 bits per heavy atom. The van der Waals surface area contributed by atoms with Gasteiger partial charge in [-0.25, -0.2) is 9.97 Å². The molecular formula is C10H11FN4. The van der Waals surface area contributed by atoms with E-state index in [-0.39, 0.29) is 0 Å². The molecule has 0 amide bonds. The van der Waals surface area contributed by atoms with Gasteiger partial charge in [0, 0.05) is 0 Å². The fraction of sp³-hybridized carbons (Fsp3) is 0.200. The van der Waals surface area contributed by atoms with E-state index in [2.05, 4.69) is 20.3 Å². The highest BCUT2D eigenvalue weighted by Gasteiger charge is 1.98. The van der Waals surface area contributed by atoms with E-state index in [9.17, 15) is 4.39 Å². The molecule has 0 aromatic carbocycles. The van der Waals surface area contributed by atoms with Crippen LogP contribution in [0.2, 0.25) is 0 Å². The Hall–Kier alpha value is -1.91. The zero-order chi connectivity index (χ0) is 10.7. The predicted molar refractivity (Wildman–Crippen MR) is 54.8 cm³/mol. The molecule has 5 heteroatoms. The van der Waals surface area contributed by atoms with Crippen molar-refractivity contribution < 1.29 is 4.39 Å². The summed E-state index contributed by atoms with van der Waals surface area (Å²) < 4.78 is 12.7. The van der Waals surface area contributed by atoms with Crippen molar-refractivity contribution in [3.63, 3.8) is 0 Å². The van der Waals surface area contributed by atoms with E-state index < -0.39 is 5.95 Å². The molecule has 0 fully saturated rings. The number of imidazole rings is 1. The van der Waals surface area contributed by atoms with Gasteiger partial charge in [-0.3, -0.25) is 0 Å². The minimum Gasteiger partial charge on any atom is -0.364 e. The van der Waals surface area contributed by atoms with Crippen LogP contribution >= 0.6 is 0 Å².